The third kappa shape index (κ3) is 2.97. The number of hydrogen-bond acceptors (Lipinski definition) is 5. The van der Waals surface area contributed by atoms with Gasteiger partial charge in [-0.2, -0.15) is 4.98 Å². The maximum Gasteiger partial charge on any atom is 0.278 e. The average molecular weight is 281 g/mol. The molecule has 2 rings (SSSR count). The number of anilines is 1. The molecule has 6 nitrogen and oxygen atoms in total. The van der Waals surface area contributed by atoms with E-state index < -0.39 is 16.6 Å². The standard InChI is InChI=1S/C12H9F2N3O3/c1-15-11-4-7(17(18)19)5-12(16-11)20-8-2-3-9(13)10(14)6-8/h2-6H,1H3,(H,15,16). The molecule has 0 fully saturated rings. The molecule has 2 aromatic rings. The molecule has 0 aliphatic heterocycles. The molecule has 0 saturated carbocycles. The maximum absolute atomic E-state index is 13.0. The van der Waals surface area contributed by atoms with Gasteiger partial charge in [-0.3, -0.25) is 10.1 Å². The van der Waals surface area contributed by atoms with Crippen LogP contribution in [-0.4, -0.2) is 17.0 Å². The topological polar surface area (TPSA) is 77.3 Å². The Bertz CT molecular complexity index is 664. The van der Waals surface area contributed by atoms with Crippen molar-refractivity contribution in [3.8, 4) is 11.6 Å². The van der Waals surface area contributed by atoms with E-state index in [1.807, 2.05) is 0 Å². The second-order valence-corrected chi connectivity index (χ2v) is 3.73. The van der Waals surface area contributed by atoms with Crippen LogP contribution in [0, 0.1) is 21.7 Å². The summed E-state index contributed by atoms with van der Waals surface area (Å²) in [5.74, 6) is -1.99. The zero-order valence-electron chi connectivity index (χ0n) is 10.3. The molecule has 1 heterocycles. The van der Waals surface area contributed by atoms with Crippen molar-refractivity contribution < 1.29 is 18.4 Å². The number of ether oxygens (including phenoxy) is 1. The number of nitrogens with zero attached hydrogens (tertiary/aromatic N) is 2. The van der Waals surface area contributed by atoms with Gasteiger partial charge >= 0.3 is 0 Å². The third-order valence-electron chi connectivity index (χ3n) is 2.37. The normalized spacial score (nSPS) is 10.2. The van der Waals surface area contributed by atoms with E-state index in [1.165, 1.54) is 19.2 Å². The predicted molar refractivity (Wildman–Crippen MR) is 66.9 cm³/mol. The van der Waals surface area contributed by atoms with Crippen molar-refractivity contribution >= 4 is 11.5 Å². The van der Waals surface area contributed by atoms with Crippen LogP contribution < -0.4 is 10.1 Å². The van der Waals surface area contributed by atoms with Crippen LogP contribution in [0.3, 0.4) is 0 Å². The molecule has 1 N–H and O–H groups in total. The maximum atomic E-state index is 13.0. The molecule has 104 valence electrons. The van der Waals surface area contributed by atoms with Gasteiger partial charge in [-0.05, 0) is 12.1 Å². The smallest absolute Gasteiger partial charge is 0.278 e. The van der Waals surface area contributed by atoms with Crippen LogP contribution in [0.25, 0.3) is 0 Å². The second-order valence-electron chi connectivity index (χ2n) is 3.73. The quantitative estimate of drug-likeness (QED) is 0.688. The minimum atomic E-state index is -1.08. The van der Waals surface area contributed by atoms with Gasteiger partial charge in [0.1, 0.15) is 11.6 Å². The molecule has 0 aliphatic carbocycles. The Morgan fingerprint density at radius 1 is 1.25 bits per heavy atom. The van der Waals surface area contributed by atoms with Crippen LogP contribution in [0.5, 0.6) is 11.6 Å². The van der Waals surface area contributed by atoms with Crippen molar-refractivity contribution in [1.29, 1.82) is 0 Å². The highest BCUT2D eigenvalue weighted by molar-refractivity contribution is 5.48. The number of halogens is 2. The van der Waals surface area contributed by atoms with E-state index in [-0.39, 0.29) is 23.1 Å². The minimum Gasteiger partial charge on any atom is -0.439 e. The van der Waals surface area contributed by atoms with Crippen molar-refractivity contribution in [3.63, 3.8) is 0 Å². The minimum absolute atomic E-state index is 0.0149. The van der Waals surface area contributed by atoms with Gasteiger partial charge in [-0.25, -0.2) is 8.78 Å². The van der Waals surface area contributed by atoms with Crippen LogP contribution in [0.4, 0.5) is 20.3 Å². The van der Waals surface area contributed by atoms with Gasteiger partial charge in [0.05, 0.1) is 17.1 Å². The lowest BCUT2D eigenvalue weighted by Crippen LogP contribution is -1.98. The summed E-state index contributed by atoms with van der Waals surface area (Å²) in [6.45, 7) is 0. The molecular weight excluding hydrogens is 272 g/mol. The van der Waals surface area contributed by atoms with Crippen LogP contribution in [0.1, 0.15) is 0 Å². The van der Waals surface area contributed by atoms with E-state index in [9.17, 15) is 18.9 Å². The first kappa shape index (κ1) is 13.7. The van der Waals surface area contributed by atoms with Crippen molar-refractivity contribution in [2.45, 2.75) is 0 Å². The number of rotatable bonds is 4. The Balaban J connectivity index is 2.34. The molecule has 8 heteroatoms. The first-order valence-corrected chi connectivity index (χ1v) is 5.46. The van der Waals surface area contributed by atoms with E-state index in [0.29, 0.717) is 0 Å². The monoisotopic (exact) mass is 281 g/mol. The highest BCUT2D eigenvalue weighted by Gasteiger charge is 2.13. The van der Waals surface area contributed by atoms with E-state index in [2.05, 4.69) is 10.3 Å². The summed E-state index contributed by atoms with van der Waals surface area (Å²) in [5, 5.41) is 13.4. The Morgan fingerprint density at radius 2 is 2.00 bits per heavy atom. The largest absolute Gasteiger partial charge is 0.439 e. The molecule has 0 saturated heterocycles. The Kier molecular flexibility index (Phi) is 3.74. The molecule has 1 aromatic carbocycles. The number of benzene rings is 1. The number of nitro groups is 1. The SMILES string of the molecule is CNc1cc([N+](=O)[O-])cc(Oc2ccc(F)c(F)c2)n1. The van der Waals surface area contributed by atoms with Gasteiger partial charge < -0.3 is 10.1 Å². The van der Waals surface area contributed by atoms with Crippen molar-refractivity contribution in [2.75, 3.05) is 12.4 Å². The van der Waals surface area contributed by atoms with Gasteiger partial charge in [-0.15, -0.1) is 0 Å². The van der Waals surface area contributed by atoms with Crippen LogP contribution >= 0.6 is 0 Å². The Hall–Kier alpha value is -2.77. The van der Waals surface area contributed by atoms with Crippen molar-refractivity contribution in [3.05, 3.63) is 52.1 Å². The van der Waals surface area contributed by atoms with Gasteiger partial charge in [0.2, 0.25) is 5.88 Å². The number of aromatic nitrogens is 1. The second kappa shape index (κ2) is 5.47. The fourth-order valence-electron chi connectivity index (χ4n) is 1.44. The lowest BCUT2D eigenvalue weighted by Gasteiger charge is -2.07. The molecule has 20 heavy (non-hydrogen) atoms. The lowest BCUT2D eigenvalue weighted by atomic mass is 10.3. The molecule has 0 aliphatic rings. The highest BCUT2D eigenvalue weighted by Crippen LogP contribution is 2.27. The number of hydrogen-bond donors (Lipinski definition) is 1. The van der Waals surface area contributed by atoms with Gasteiger partial charge in [0.15, 0.2) is 11.6 Å². The molecule has 0 amide bonds. The summed E-state index contributed by atoms with van der Waals surface area (Å²) >= 11 is 0. The van der Waals surface area contributed by atoms with E-state index in [1.54, 1.807) is 0 Å². The Morgan fingerprint density at radius 3 is 2.60 bits per heavy atom. The van der Waals surface area contributed by atoms with Crippen LogP contribution in [0.15, 0.2) is 30.3 Å². The molecule has 0 spiro atoms. The van der Waals surface area contributed by atoms with Crippen molar-refractivity contribution in [2.24, 2.45) is 0 Å². The third-order valence-corrected chi connectivity index (χ3v) is 2.37. The first-order chi connectivity index (χ1) is 9.49. The zero-order chi connectivity index (χ0) is 14.7. The number of nitrogens with one attached hydrogen (secondary N) is 1. The van der Waals surface area contributed by atoms with Gasteiger partial charge in [0, 0.05) is 13.1 Å². The van der Waals surface area contributed by atoms with Crippen LogP contribution in [-0.2, 0) is 0 Å². The molecule has 0 radical (unpaired) electrons. The summed E-state index contributed by atoms with van der Waals surface area (Å²) in [5.41, 5.74) is -0.234. The summed E-state index contributed by atoms with van der Waals surface area (Å²) in [4.78, 5) is 14.1. The fourth-order valence-corrected chi connectivity index (χ4v) is 1.44. The summed E-state index contributed by atoms with van der Waals surface area (Å²) < 4.78 is 31.0. The Labute approximate surface area is 112 Å². The van der Waals surface area contributed by atoms with Gasteiger partial charge in [-0.1, -0.05) is 0 Å². The van der Waals surface area contributed by atoms with E-state index in [4.69, 9.17) is 4.74 Å². The van der Waals surface area contributed by atoms with Crippen LogP contribution in [0.2, 0.25) is 0 Å². The molecule has 1 aromatic heterocycles. The summed E-state index contributed by atoms with van der Waals surface area (Å²) in [7, 11) is 1.54. The first-order valence-electron chi connectivity index (χ1n) is 5.46. The zero-order valence-corrected chi connectivity index (χ0v) is 10.3. The molecular formula is C12H9F2N3O3. The molecule has 0 bridgehead atoms. The van der Waals surface area contributed by atoms with Gasteiger partial charge in [0.25, 0.3) is 5.69 Å². The predicted octanol–water partition coefficient (Wildman–Crippen LogP) is 3.10. The highest BCUT2D eigenvalue weighted by atomic mass is 19.2. The summed E-state index contributed by atoms with van der Waals surface area (Å²) in [6.07, 6.45) is 0. The lowest BCUT2D eigenvalue weighted by molar-refractivity contribution is -0.384. The number of pyridine rings is 1. The summed E-state index contributed by atoms with van der Waals surface area (Å²) in [6, 6.07) is 5.22. The molecule has 0 unspecified atom stereocenters. The molecule has 0 atom stereocenters. The average Bonchev–Trinajstić information content (AvgIpc) is 2.42. The fraction of sp³-hybridized carbons (Fsp3) is 0.0833. The van der Waals surface area contributed by atoms with E-state index >= 15 is 0 Å². The van der Waals surface area contributed by atoms with E-state index in [0.717, 1.165) is 18.2 Å². The van der Waals surface area contributed by atoms with Crippen molar-refractivity contribution in [1.82, 2.24) is 4.98 Å².